The molecule has 0 aliphatic rings. The first-order valence-electron chi connectivity index (χ1n) is 7.34. The van der Waals surface area contributed by atoms with E-state index in [1.54, 1.807) is 6.92 Å². The van der Waals surface area contributed by atoms with Crippen molar-refractivity contribution in [2.75, 3.05) is 18.1 Å². The van der Waals surface area contributed by atoms with E-state index < -0.39 is 9.84 Å². The molecule has 1 rings (SSSR count). The number of hydrogen-bond acceptors (Lipinski definition) is 3. The summed E-state index contributed by atoms with van der Waals surface area (Å²) in [7, 11) is -2.93. The zero-order valence-electron chi connectivity index (χ0n) is 13.3. The lowest BCUT2D eigenvalue weighted by Crippen LogP contribution is -2.39. The van der Waals surface area contributed by atoms with Crippen LogP contribution < -0.4 is 5.32 Å². The second-order valence-electron chi connectivity index (χ2n) is 6.37. The van der Waals surface area contributed by atoms with Crippen molar-refractivity contribution in [1.82, 2.24) is 5.32 Å². The Morgan fingerprint density at radius 2 is 1.86 bits per heavy atom. The van der Waals surface area contributed by atoms with E-state index in [0.29, 0.717) is 6.42 Å². The molecule has 0 bridgehead atoms. The number of nitrogens with one attached hydrogen (secondary N) is 1. The third kappa shape index (κ3) is 6.94. The molecule has 5 heteroatoms. The lowest BCUT2D eigenvalue weighted by atomic mass is 9.95. The van der Waals surface area contributed by atoms with Crippen LogP contribution in [0.15, 0.2) is 28.7 Å². The van der Waals surface area contributed by atoms with Crippen molar-refractivity contribution in [3.05, 3.63) is 34.3 Å². The number of hydrogen-bond donors (Lipinski definition) is 1. The van der Waals surface area contributed by atoms with Gasteiger partial charge in [0.15, 0.2) is 0 Å². The van der Waals surface area contributed by atoms with Gasteiger partial charge in [0.2, 0.25) is 0 Å². The molecule has 1 aromatic rings. The molecule has 0 aromatic heterocycles. The van der Waals surface area contributed by atoms with Crippen molar-refractivity contribution in [3.8, 4) is 0 Å². The van der Waals surface area contributed by atoms with Crippen LogP contribution in [0.3, 0.4) is 0 Å². The van der Waals surface area contributed by atoms with Gasteiger partial charge in [-0.25, -0.2) is 8.42 Å². The van der Waals surface area contributed by atoms with Gasteiger partial charge < -0.3 is 5.32 Å². The summed E-state index contributed by atoms with van der Waals surface area (Å²) < 4.78 is 24.6. The minimum atomic E-state index is -2.93. The second-order valence-corrected chi connectivity index (χ2v) is 9.70. The molecule has 0 aliphatic carbocycles. The molecule has 0 spiro atoms. The molecule has 0 amide bonds. The normalized spacial score (nSPS) is 14.1. The third-order valence-electron chi connectivity index (χ3n) is 3.44. The first-order chi connectivity index (χ1) is 9.64. The molecule has 0 radical (unpaired) electrons. The van der Waals surface area contributed by atoms with Crippen molar-refractivity contribution < 1.29 is 8.42 Å². The fourth-order valence-corrected chi connectivity index (χ4v) is 3.61. The van der Waals surface area contributed by atoms with E-state index in [0.717, 1.165) is 11.0 Å². The maximum atomic E-state index is 11.8. The lowest BCUT2D eigenvalue weighted by Gasteiger charge is -2.26. The molecule has 0 fully saturated rings. The van der Waals surface area contributed by atoms with Crippen LogP contribution >= 0.6 is 15.9 Å². The topological polar surface area (TPSA) is 46.2 Å². The molecule has 1 atom stereocenters. The van der Waals surface area contributed by atoms with E-state index in [2.05, 4.69) is 48.1 Å². The van der Waals surface area contributed by atoms with E-state index >= 15 is 0 Å². The van der Waals surface area contributed by atoms with Gasteiger partial charge >= 0.3 is 0 Å². The summed E-state index contributed by atoms with van der Waals surface area (Å²) in [6.45, 7) is 8.83. The highest BCUT2D eigenvalue weighted by Gasteiger charge is 2.20. The maximum absolute atomic E-state index is 11.8. The van der Waals surface area contributed by atoms with E-state index in [4.69, 9.17) is 0 Å². The van der Waals surface area contributed by atoms with Gasteiger partial charge in [0.1, 0.15) is 9.84 Å². The largest absolute Gasteiger partial charge is 0.311 e. The van der Waals surface area contributed by atoms with E-state index in [1.165, 1.54) is 5.56 Å². The van der Waals surface area contributed by atoms with Crippen LogP contribution in [0.4, 0.5) is 0 Å². The van der Waals surface area contributed by atoms with Gasteiger partial charge in [-0.15, -0.1) is 0 Å². The highest BCUT2D eigenvalue weighted by atomic mass is 79.9. The Labute approximate surface area is 137 Å². The first kappa shape index (κ1) is 18.7. The van der Waals surface area contributed by atoms with Crippen LogP contribution in [-0.4, -0.2) is 32.0 Å². The highest BCUT2D eigenvalue weighted by Crippen LogP contribution is 2.28. The molecule has 21 heavy (non-hydrogen) atoms. The van der Waals surface area contributed by atoms with Gasteiger partial charge in [0.05, 0.1) is 5.75 Å². The number of halogens is 1. The maximum Gasteiger partial charge on any atom is 0.150 e. The predicted molar refractivity (Wildman–Crippen MR) is 93.6 cm³/mol. The van der Waals surface area contributed by atoms with Gasteiger partial charge in [-0.05, 0) is 44.7 Å². The van der Waals surface area contributed by atoms with E-state index in [-0.39, 0.29) is 23.0 Å². The Balaban J connectivity index is 2.87. The van der Waals surface area contributed by atoms with Crippen molar-refractivity contribution in [1.29, 1.82) is 0 Å². The molecule has 0 heterocycles. The fraction of sp³-hybridized carbons (Fsp3) is 0.625. The third-order valence-corrected chi connectivity index (χ3v) is 5.90. The summed E-state index contributed by atoms with van der Waals surface area (Å²) in [5.41, 5.74) is 1.18. The van der Waals surface area contributed by atoms with E-state index in [1.807, 2.05) is 18.2 Å². The minimum Gasteiger partial charge on any atom is -0.311 e. The lowest BCUT2D eigenvalue weighted by molar-refractivity contribution is 0.402. The Hall–Kier alpha value is -0.390. The highest BCUT2D eigenvalue weighted by molar-refractivity contribution is 9.10. The Morgan fingerprint density at radius 3 is 2.38 bits per heavy atom. The number of benzene rings is 1. The van der Waals surface area contributed by atoms with Crippen molar-refractivity contribution in [2.45, 2.75) is 45.6 Å². The molecule has 0 saturated heterocycles. The molecular weight excluding hydrogens is 350 g/mol. The predicted octanol–water partition coefficient (Wildman–Crippen LogP) is 3.75. The van der Waals surface area contributed by atoms with Crippen LogP contribution in [0.25, 0.3) is 0 Å². The zero-order valence-corrected chi connectivity index (χ0v) is 15.7. The van der Waals surface area contributed by atoms with Gasteiger partial charge in [-0.3, -0.25) is 0 Å². The van der Waals surface area contributed by atoms with Gasteiger partial charge in [0, 0.05) is 22.3 Å². The summed E-state index contributed by atoms with van der Waals surface area (Å²) in [5.74, 6) is 0.630. The monoisotopic (exact) mass is 375 g/mol. The molecule has 120 valence electrons. The number of rotatable bonds is 7. The summed E-state index contributed by atoms with van der Waals surface area (Å²) in [4.78, 5) is 0. The zero-order chi connectivity index (χ0) is 16.1. The Kier molecular flexibility index (Phi) is 6.88. The van der Waals surface area contributed by atoms with Crippen molar-refractivity contribution in [3.63, 3.8) is 0 Å². The number of sulfone groups is 1. The molecular formula is C16H26BrNO2S. The SMILES string of the molecule is CCS(=O)(=O)CCC(CNC(C)(C)C)c1ccccc1Br. The second kappa shape index (κ2) is 7.75. The molecule has 0 aliphatic heterocycles. The van der Waals surface area contributed by atoms with Gasteiger partial charge in [-0.1, -0.05) is 41.1 Å². The molecule has 0 saturated carbocycles. The Morgan fingerprint density at radius 1 is 1.24 bits per heavy atom. The van der Waals surface area contributed by atoms with Crippen LogP contribution in [0.1, 0.15) is 45.6 Å². The van der Waals surface area contributed by atoms with E-state index in [9.17, 15) is 8.42 Å². The summed E-state index contributed by atoms with van der Waals surface area (Å²) in [6.07, 6.45) is 0.641. The standard InChI is InChI=1S/C16H26BrNO2S/c1-5-21(19,20)11-10-13(12-18-16(2,3)4)14-8-6-7-9-15(14)17/h6-9,13,18H,5,10-12H2,1-4H3. The summed E-state index contributed by atoms with van der Waals surface area (Å²) in [5, 5.41) is 3.49. The summed E-state index contributed by atoms with van der Waals surface area (Å²) >= 11 is 3.58. The van der Waals surface area contributed by atoms with Crippen molar-refractivity contribution >= 4 is 25.8 Å². The van der Waals surface area contributed by atoms with Crippen LogP contribution in [0, 0.1) is 0 Å². The minimum absolute atomic E-state index is 0.0170. The quantitative estimate of drug-likeness (QED) is 0.789. The van der Waals surface area contributed by atoms with Crippen LogP contribution in [-0.2, 0) is 9.84 Å². The molecule has 1 N–H and O–H groups in total. The average molecular weight is 376 g/mol. The Bertz CT molecular complexity index is 550. The molecule has 3 nitrogen and oxygen atoms in total. The smallest absolute Gasteiger partial charge is 0.150 e. The van der Waals surface area contributed by atoms with Gasteiger partial charge in [-0.2, -0.15) is 0 Å². The first-order valence-corrected chi connectivity index (χ1v) is 9.96. The molecule has 1 unspecified atom stereocenters. The molecule has 1 aromatic carbocycles. The van der Waals surface area contributed by atoms with Gasteiger partial charge in [0.25, 0.3) is 0 Å². The van der Waals surface area contributed by atoms with Crippen LogP contribution in [0.2, 0.25) is 0 Å². The van der Waals surface area contributed by atoms with Crippen molar-refractivity contribution in [2.24, 2.45) is 0 Å². The summed E-state index contributed by atoms with van der Waals surface area (Å²) in [6, 6.07) is 8.05. The average Bonchev–Trinajstić information content (AvgIpc) is 2.39. The van der Waals surface area contributed by atoms with Crippen LogP contribution in [0.5, 0.6) is 0 Å². The fourth-order valence-electron chi connectivity index (χ4n) is 2.07.